The first-order valence-electron chi connectivity index (χ1n) is 5.20. The molecule has 0 radical (unpaired) electrons. The lowest BCUT2D eigenvalue weighted by Gasteiger charge is -2.22. The molecule has 0 saturated carbocycles. The highest BCUT2D eigenvalue weighted by atomic mass is 16.4. The van der Waals surface area contributed by atoms with Crippen molar-refractivity contribution in [3.8, 4) is 0 Å². The number of nitrogens with zero attached hydrogens (tertiary/aromatic N) is 1. The zero-order chi connectivity index (χ0) is 11.6. The van der Waals surface area contributed by atoms with Crippen LogP contribution in [0.5, 0.6) is 0 Å². The first-order valence-corrected chi connectivity index (χ1v) is 5.20. The van der Waals surface area contributed by atoms with Gasteiger partial charge in [-0.05, 0) is 6.42 Å². The van der Waals surface area contributed by atoms with Gasteiger partial charge in [0.25, 0.3) is 0 Å². The molecule has 0 aromatic heterocycles. The zero-order valence-corrected chi connectivity index (χ0v) is 9.14. The summed E-state index contributed by atoms with van der Waals surface area (Å²) in [4.78, 5) is 24.2. The van der Waals surface area contributed by atoms with Gasteiger partial charge in [-0.2, -0.15) is 0 Å². The van der Waals surface area contributed by atoms with E-state index in [0.29, 0.717) is 13.1 Å². The molecule has 15 heavy (non-hydrogen) atoms. The molecule has 1 amide bonds. The Hall–Kier alpha value is -1.10. The molecule has 5 heteroatoms. The minimum atomic E-state index is -0.931. The number of carboxylic acid groups (broad SMARTS) is 1. The van der Waals surface area contributed by atoms with E-state index in [0.717, 1.165) is 6.42 Å². The van der Waals surface area contributed by atoms with Gasteiger partial charge in [0.05, 0.1) is 5.92 Å². The zero-order valence-electron chi connectivity index (χ0n) is 9.14. The number of nitrogens with two attached hydrogens (primary N) is 1. The van der Waals surface area contributed by atoms with Crippen LogP contribution in [0.25, 0.3) is 0 Å². The number of carboxylic acids is 1. The standard InChI is InChI=1S/C10H18N2O3/c1-6(7(2)10(14)15)9(13)12-4-3-8(11)5-12/h6-8H,3-5,11H2,1-2H3,(H,14,15). The van der Waals surface area contributed by atoms with Gasteiger partial charge in [-0.25, -0.2) is 0 Å². The Morgan fingerprint density at radius 1 is 1.40 bits per heavy atom. The van der Waals surface area contributed by atoms with Gasteiger partial charge in [-0.3, -0.25) is 9.59 Å². The molecular formula is C10H18N2O3. The first kappa shape index (κ1) is 12.0. The lowest BCUT2D eigenvalue weighted by atomic mass is 9.95. The number of aliphatic carboxylic acids is 1. The average Bonchev–Trinajstić information content (AvgIpc) is 2.61. The van der Waals surface area contributed by atoms with Crippen LogP contribution < -0.4 is 5.73 Å². The lowest BCUT2D eigenvalue weighted by molar-refractivity contribution is -0.148. The minimum absolute atomic E-state index is 0.0429. The summed E-state index contributed by atoms with van der Waals surface area (Å²) in [7, 11) is 0. The Kier molecular flexibility index (Phi) is 3.68. The van der Waals surface area contributed by atoms with Gasteiger partial charge in [-0.15, -0.1) is 0 Å². The average molecular weight is 214 g/mol. The smallest absolute Gasteiger partial charge is 0.307 e. The van der Waals surface area contributed by atoms with E-state index in [9.17, 15) is 9.59 Å². The molecule has 3 atom stereocenters. The molecule has 1 aliphatic heterocycles. The monoisotopic (exact) mass is 214 g/mol. The van der Waals surface area contributed by atoms with Gasteiger partial charge in [0.1, 0.15) is 0 Å². The molecule has 0 spiro atoms. The molecule has 0 aromatic carbocycles. The minimum Gasteiger partial charge on any atom is -0.481 e. The van der Waals surface area contributed by atoms with Gasteiger partial charge in [0.15, 0.2) is 0 Å². The van der Waals surface area contributed by atoms with Crippen molar-refractivity contribution in [1.29, 1.82) is 0 Å². The largest absolute Gasteiger partial charge is 0.481 e. The fourth-order valence-electron chi connectivity index (χ4n) is 1.70. The highest BCUT2D eigenvalue weighted by molar-refractivity contribution is 5.84. The third kappa shape index (κ3) is 2.68. The van der Waals surface area contributed by atoms with Crippen LogP contribution in [-0.4, -0.2) is 41.0 Å². The Balaban J connectivity index is 2.56. The summed E-state index contributed by atoms with van der Waals surface area (Å²) in [5.74, 6) is -2.15. The maximum Gasteiger partial charge on any atom is 0.307 e. The molecule has 3 unspecified atom stereocenters. The van der Waals surface area contributed by atoms with Gasteiger partial charge in [0.2, 0.25) is 5.91 Å². The Morgan fingerprint density at radius 2 is 2.00 bits per heavy atom. The summed E-state index contributed by atoms with van der Waals surface area (Å²) in [6.45, 7) is 4.41. The van der Waals surface area contributed by atoms with Crippen molar-refractivity contribution in [1.82, 2.24) is 4.90 Å². The van der Waals surface area contributed by atoms with Crippen molar-refractivity contribution in [2.45, 2.75) is 26.3 Å². The number of hydrogen-bond acceptors (Lipinski definition) is 3. The van der Waals surface area contributed by atoms with Gasteiger partial charge in [0, 0.05) is 25.0 Å². The van der Waals surface area contributed by atoms with E-state index < -0.39 is 17.8 Å². The van der Waals surface area contributed by atoms with E-state index in [1.165, 1.54) is 0 Å². The normalized spacial score (nSPS) is 25.0. The SMILES string of the molecule is CC(C(=O)O)C(C)C(=O)N1CCC(N)C1. The molecule has 1 fully saturated rings. The molecule has 1 saturated heterocycles. The van der Waals surface area contributed by atoms with Crippen molar-refractivity contribution in [3.05, 3.63) is 0 Å². The van der Waals surface area contributed by atoms with Crippen molar-refractivity contribution < 1.29 is 14.7 Å². The predicted octanol–water partition coefficient (Wildman–Crippen LogP) is -0.0972. The number of amides is 1. The van der Waals surface area contributed by atoms with Crippen molar-refractivity contribution >= 4 is 11.9 Å². The molecule has 0 aromatic rings. The third-order valence-electron chi connectivity index (χ3n) is 3.07. The van der Waals surface area contributed by atoms with Gasteiger partial charge >= 0.3 is 5.97 Å². The Labute approximate surface area is 89.2 Å². The first-order chi connectivity index (χ1) is 6.93. The van der Waals surface area contributed by atoms with E-state index in [2.05, 4.69) is 0 Å². The van der Waals surface area contributed by atoms with Crippen LogP contribution in [-0.2, 0) is 9.59 Å². The van der Waals surface area contributed by atoms with Crippen LogP contribution in [0.2, 0.25) is 0 Å². The second-order valence-electron chi connectivity index (χ2n) is 4.25. The maximum absolute atomic E-state index is 11.8. The molecule has 0 aliphatic carbocycles. The molecule has 3 N–H and O–H groups in total. The van der Waals surface area contributed by atoms with Crippen LogP contribution >= 0.6 is 0 Å². The second kappa shape index (κ2) is 4.61. The molecule has 1 aliphatic rings. The van der Waals surface area contributed by atoms with Crippen molar-refractivity contribution in [2.24, 2.45) is 17.6 Å². The quantitative estimate of drug-likeness (QED) is 0.687. The summed E-state index contributed by atoms with van der Waals surface area (Å²) in [6, 6.07) is 0.0429. The second-order valence-corrected chi connectivity index (χ2v) is 4.25. The molecule has 1 rings (SSSR count). The van der Waals surface area contributed by atoms with E-state index in [1.807, 2.05) is 0 Å². The summed E-state index contributed by atoms with van der Waals surface area (Å²) in [5.41, 5.74) is 5.69. The number of carbonyl (C=O) groups is 2. The topological polar surface area (TPSA) is 83.6 Å². The Morgan fingerprint density at radius 3 is 2.40 bits per heavy atom. The number of hydrogen-bond donors (Lipinski definition) is 2. The summed E-state index contributed by atoms with van der Waals surface area (Å²) in [6.07, 6.45) is 0.805. The molecule has 86 valence electrons. The van der Waals surface area contributed by atoms with Crippen LogP contribution in [0.15, 0.2) is 0 Å². The summed E-state index contributed by atoms with van der Waals surface area (Å²) in [5, 5.41) is 8.80. The Bertz CT molecular complexity index is 267. The fourth-order valence-corrected chi connectivity index (χ4v) is 1.70. The highest BCUT2D eigenvalue weighted by Gasteiger charge is 2.32. The van der Waals surface area contributed by atoms with E-state index in [1.54, 1.807) is 18.7 Å². The van der Waals surface area contributed by atoms with Crippen LogP contribution in [0, 0.1) is 11.8 Å². The van der Waals surface area contributed by atoms with Crippen molar-refractivity contribution in [2.75, 3.05) is 13.1 Å². The van der Waals surface area contributed by atoms with E-state index in [-0.39, 0.29) is 11.9 Å². The van der Waals surface area contributed by atoms with Crippen LogP contribution in [0.1, 0.15) is 20.3 Å². The number of likely N-dealkylation sites (tertiary alicyclic amines) is 1. The number of carbonyl (C=O) groups excluding carboxylic acids is 1. The van der Waals surface area contributed by atoms with Crippen molar-refractivity contribution in [3.63, 3.8) is 0 Å². The van der Waals surface area contributed by atoms with Gasteiger partial charge < -0.3 is 15.7 Å². The molecule has 5 nitrogen and oxygen atoms in total. The summed E-state index contributed by atoms with van der Waals surface area (Å²) >= 11 is 0. The van der Waals surface area contributed by atoms with E-state index in [4.69, 9.17) is 10.8 Å². The number of rotatable bonds is 3. The molecule has 1 heterocycles. The fraction of sp³-hybridized carbons (Fsp3) is 0.800. The van der Waals surface area contributed by atoms with Crippen LogP contribution in [0.3, 0.4) is 0 Å². The van der Waals surface area contributed by atoms with E-state index >= 15 is 0 Å². The summed E-state index contributed by atoms with van der Waals surface area (Å²) < 4.78 is 0. The molecule has 0 bridgehead atoms. The van der Waals surface area contributed by atoms with Gasteiger partial charge in [-0.1, -0.05) is 13.8 Å². The predicted molar refractivity (Wildman–Crippen MR) is 55.1 cm³/mol. The maximum atomic E-state index is 11.8. The van der Waals surface area contributed by atoms with Crippen LogP contribution in [0.4, 0.5) is 0 Å². The highest BCUT2D eigenvalue weighted by Crippen LogP contribution is 2.17. The molecular weight excluding hydrogens is 196 g/mol. The third-order valence-corrected chi connectivity index (χ3v) is 3.07. The lowest BCUT2D eigenvalue weighted by Crippen LogP contribution is -2.39.